The lowest BCUT2D eigenvalue weighted by Crippen LogP contribution is -2.38. The van der Waals surface area contributed by atoms with Crippen LogP contribution < -0.4 is 4.90 Å². The Kier molecular flexibility index (Phi) is 3.02. The molecule has 1 atom stereocenters. The number of hydrogen-bond donors (Lipinski definition) is 1. The van der Waals surface area contributed by atoms with Crippen molar-refractivity contribution in [2.45, 2.75) is 18.9 Å². The van der Waals surface area contributed by atoms with Crippen molar-refractivity contribution in [2.24, 2.45) is 0 Å². The van der Waals surface area contributed by atoms with Crippen molar-refractivity contribution in [3.8, 4) is 0 Å². The van der Waals surface area contributed by atoms with Gasteiger partial charge in [-0.25, -0.2) is 9.18 Å². The summed E-state index contributed by atoms with van der Waals surface area (Å²) >= 11 is 5.61. The maximum atomic E-state index is 13.0. The second kappa shape index (κ2) is 4.33. The number of rotatable bonds is 2. The van der Waals surface area contributed by atoms with Crippen LogP contribution in [0.5, 0.6) is 0 Å². The monoisotopic (exact) mass is 257 g/mol. The van der Waals surface area contributed by atoms with Gasteiger partial charge in [-0.15, -0.1) is 0 Å². The number of nitrogens with zero attached hydrogens (tertiary/aromatic N) is 1. The second-order valence-electron chi connectivity index (χ2n) is 3.75. The van der Waals surface area contributed by atoms with Crippen molar-refractivity contribution in [1.29, 1.82) is 0 Å². The minimum atomic E-state index is -1.07. The molecule has 1 saturated heterocycles. The number of amides is 1. The number of anilines is 1. The van der Waals surface area contributed by atoms with Crippen LogP contribution >= 0.6 is 11.6 Å². The molecule has 1 N–H and O–H groups in total. The molecule has 6 heteroatoms. The highest BCUT2D eigenvalue weighted by Gasteiger charge is 2.37. The maximum absolute atomic E-state index is 13.0. The van der Waals surface area contributed by atoms with E-state index in [9.17, 15) is 14.0 Å². The Morgan fingerprint density at radius 3 is 2.82 bits per heavy atom. The first-order valence-corrected chi connectivity index (χ1v) is 5.38. The van der Waals surface area contributed by atoms with Crippen LogP contribution in [0.2, 0.25) is 5.02 Å². The van der Waals surface area contributed by atoms with Crippen molar-refractivity contribution in [3.63, 3.8) is 0 Å². The Balaban J connectivity index is 2.39. The Labute approximate surface area is 102 Å². The molecule has 1 heterocycles. The van der Waals surface area contributed by atoms with Gasteiger partial charge in [-0.3, -0.25) is 9.69 Å². The van der Waals surface area contributed by atoms with Crippen LogP contribution in [0, 0.1) is 5.82 Å². The van der Waals surface area contributed by atoms with Gasteiger partial charge in [-0.2, -0.15) is 0 Å². The number of carbonyl (C=O) groups is 2. The van der Waals surface area contributed by atoms with Crippen LogP contribution in [0.25, 0.3) is 0 Å². The zero-order chi connectivity index (χ0) is 12.6. The minimum Gasteiger partial charge on any atom is -0.480 e. The fourth-order valence-electron chi connectivity index (χ4n) is 1.88. The fraction of sp³-hybridized carbons (Fsp3) is 0.273. The Hall–Kier alpha value is -1.62. The second-order valence-corrected chi connectivity index (χ2v) is 4.16. The predicted octanol–water partition coefficient (Wildman–Crippen LogP) is 2.06. The van der Waals surface area contributed by atoms with E-state index in [2.05, 4.69) is 0 Å². The first-order chi connectivity index (χ1) is 8.00. The Morgan fingerprint density at radius 2 is 2.24 bits per heavy atom. The lowest BCUT2D eigenvalue weighted by molar-refractivity contribution is -0.138. The van der Waals surface area contributed by atoms with Gasteiger partial charge in [0, 0.05) is 12.1 Å². The summed E-state index contributed by atoms with van der Waals surface area (Å²) in [6.07, 6.45) is 0.426. The first-order valence-electron chi connectivity index (χ1n) is 5.00. The van der Waals surface area contributed by atoms with Gasteiger partial charge in [0.15, 0.2) is 0 Å². The van der Waals surface area contributed by atoms with Crippen LogP contribution in [-0.2, 0) is 9.59 Å². The third kappa shape index (κ3) is 2.10. The summed E-state index contributed by atoms with van der Waals surface area (Å²) < 4.78 is 13.0. The van der Waals surface area contributed by atoms with Crippen molar-refractivity contribution in [2.75, 3.05) is 4.90 Å². The van der Waals surface area contributed by atoms with Gasteiger partial charge in [0.05, 0.1) is 5.02 Å². The molecular formula is C11H9ClFNO3. The molecule has 0 aromatic heterocycles. The normalized spacial score (nSPS) is 19.8. The standard InChI is InChI=1S/C11H9ClFNO3/c12-7-5-6(1-2-8(7)13)14-9(11(16)17)3-4-10(14)15/h1-2,5,9H,3-4H2,(H,16,17)/t9-/m0/s1. The Morgan fingerprint density at radius 1 is 1.53 bits per heavy atom. The van der Waals surface area contributed by atoms with E-state index in [0.29, 0.717) is 5.69 Å². The van der Waals surface area contributed by atoms with Gasteiger partial charge in [0.25, 0.3) is 0 Å². The molecule has 1 aromatic carbocycles. The molecule has 17 heavy (non-hydrogen) atoms. The van der Waals surface area contributed by atoms with Crippen LogP contribution in [0.4, 0.5) is 10.1 Å². The van der Waals surface area contributed by atoms with Gasteiger partial charge >= 0.3 is 5.97 Å². The number of halogens is 2. The van der Waals surface area contributed by atoms with Gasteiger partial charge in [0.1, 0.15) is 11.9 Å². The average Bonchev–Trinajstić information content (AvgIpc) is 2.64. The van der Waals surface area contributed by atoms with E-state index in [-0.39, 0.29) is 23.8 Å². The molecule has 0 radical (unpaired) electrons. The fourth-order valence-corrected chi connectivity index (χ4v) is 2.05. The number of benzene rings is 1. The van der Waals surface area contributed by atoms with Crippen molar-refractivity contribution >= 4 is 29.2 Å². The summed E-state index contributed by atoms with van der Waals surface area (Å²) in [5.41, 5.74) is 0.311. The summed E-state index contributed by atoms with van der Waals surface area (Å²) in [5, 5.41) is 8.85. The molecule has 0 saturated carbocycles. The van der Waals surface area contributed by atoms with E-state index in [1.54, 1.807) is 0 Å². The highest BCUT2D eigenvalue weighted by molar-refractivity contribution is 6.31. The molecule has 0 bridgehead atoms. The van der Waals surface area contributed by atoms with Gasteiger partial charge < -0.3 is 5.11 Å². The van der Waals surface area contributed by atoms with Crippen LogP contribution in [0.15, 0.2) is 18.2 Å². The van der Waals surface area contributed by atoms with Gasteiger partial charge in [-0.1, -0.05) is 11.6 Å². The molecule has 0 unspecified atom stereocenters. The first kappa shape index (κ1) is 11.9. The lowest BCUT2D eigenvalue weighted by Gasteiger charge is -2.21. The van der Waals surface area contributed by atoms with Crippen molar-refractivity contribution < 1.29 is 19.1 Å². The summed E-state index contributed by atoms with van der Waals surface area (Å²) in [6.45, 7) is 0. The topological polar surface area (TPSA) is 57.6 Å². The highest BCUT2D eigenvalue weighted by Crippen LogP contribution is 2.29. The highest BCUT2D eigenvalue weighted by atomic mass is 35.5. The van der Waals surface area contributed by atoms with E-state index in [0.717, 1.165) is 11.0 Å². The molecule has 2 rings (SSSR count). The minimum absolute atomic E-state index is 0.133. The molecule has 0 aliphatic carbocycles. The molecule has 1 aliphatic heterocycles. The average molecular weight is 258 g/mol. The third-order valence-electron chi connectivity index (χ3n) is 2.68. The molecular weight excluding hydrogens is 249 g/mol. The van der Waals surface area contributed by atoms with E-state index < -0.39 is 17.8 Å². The number of carbonyl (C=O) groups excluding carboxylic acids is 1. The van der Waals surface area contributed by atoms with E-state index in [4.69, 9.17) is 16.7 Å². The summed E-state index contributed by atoms with van der Waals surface area (Å²) in [5.74, 6) is -1.97. The molecule has 1 aliphatic rings. The largest absolute Gasteiger partial charge is 0.480 e. The third-order valence-corrected chi connectivity index (χ3v) is 2.97. The SMILES string of the molecule is O=C(O)[C@@H]1CCC(=O)N1c1ccc(F)c(Cl)c1. The summed E-state index contributed by atoms with van der Waals surface area (Å²) in [4.78, 5) is 23.7. The summed E-state index contributed by atoms with van der Waals surface area (Å²) in [6, 6.07) is 2.82. The molecule has 1 aromatic rings. The molecule has 0 spiro atoms. The van der Waals surface area contributed by atoms with E-state index >= 15 is 0 Å². The van der Waals surface area contributed by atoms with Crippen molar-refractivity contribution in [1.82, 2.24) is 0 Å². The summed E-state index contributed by atoms with van der Waals surface area (Å²) in [7, 11) is 0. The van der Waals surface area contributed by atoms with Gasteiger partial charge in [-0.05, 0) is 24.6 Å². The molecule has 1 fully saturated rings. The smallest absolute Gasteiger partial charge is 0.326 e. The quantitative estimate of drug-likeness (QED) is 0.882. The molecule has 90 valence electrons. The maximum Gasteiger partial charge on any atom is 0.326 e. The van der Waals surface area contributed by atoms with Crippen LogP contribution in [-0.4, -0.2) is 23.0 Å². The molecule has 4 nitrogen and oxygen atoms in total. The number of carboxylic acid groups (broad SMARTS) is 1. The van der Waals surface area contributed by atoms with E-state index in [1.165, 1.54) is 12.1 Å². The van der Waals surface area contributed by atoms with Crippen molar-refractivity contribution in [3.05, 3.63) is 29.0 Å². The van der Waals surface area contributed by atoms with Gasteiger partial charge in [0.2, 0.25) is 5.91 Å². The zero-order valence-electron chi connectivity index (χ0n) is 8.69. The van der Waals surface area contributed by atoms with Crippen LogP contribution in [0.3, 0.4) is 0 Å². The predicted molar refractivity (Wildman–Crippen MR) is 59.6 cm³/mol. The number of carboxylic acids is 1. The van der Waals surface area contributed by atoms with Crippen LogP contribution in [0.1, 0.15) is 12.8 Å². The molecule has 1 amide bonds. The number of hydrogen-bond acceptors (Lipinski definition) is 2. The number of aliphatic carboxylic acids is 1. The Bertz CT molecular complexity index is 492. The lowest BCUT2D eigenvalue weighted by atomic mass is 10.2. The van der Waals surface area contributed by atoms with E-state index in [1.807, 2.05) is 0 Å². The zero-order valence-corrected chi connectivity index (χ0v) is 9.45.